The molecular weight excluding hydrogens is 228 g/mol. The Bertz CT molecular complexity index is 505. The molecule has 2 aromatic rings. The largest absolute Gasteiger partial charge is 0.423 e. The van der Waals surface area contributed by atoms with Crippen LogP contribution in [0.3, 0.4) is 0 Å². The monoisotopic (exact) mass is 246 g/mol. The number of benzene rings is 1. The van der Waals surface area contributed by atoms with Crippen molar-refractivity contribution in [2.75, 3.05) is 7.05 Å². The summed E-state index contributed by atoms with van der Waals surface area (Å²) < 4.78 is 7.35. The number of aryl methyl sites for hydroxylation is 1. The first-order valence-electron chi connectivity index (χ1n) is 6.04. The normalized spacial score (nSPS) is 12.4. The molecule has 1 unspecified atom stereocenters. The minimum atomic E-state index is 0.268. The number of hydrogen-bond donors (Lipinski definition) is 1. The minimum Gasteiger partial charge on any atom is -0.423 e. The van der Waals surface area contributed by atoms with E-state index in [1.54, 1.807) is 11.0 Å². The molecule has 5 heteroatoms. The summed E-state index contributed by atoms with van der Waals surface area (Å²) in [6.07, 6.45) is 2.61. The summed E-state index contributed by atoms with van der Waals surface area (Å²) in [6.45, 7) is 2.14. The molecule has 1 N–H and O–H groups in total. The van der Waals surface area contributed by atoms with Crippen molar-refractivity contribution < 1.29 is 4.74 Å². The van der Waals surface area contributed by atoms with Crippen LogP contribution in [0.25, 0.3) is 0 Å². The van der Waals surface area contributed by atoms with Gasteiger partial charge in [-0.2, -0.15) is 4.98 Å². The smallest absolute Gasteiger partial charge is 0.340 e. The second-order valence-electron chi connectivity index (χ2n) is 4.09. The zero-order valence-electron chi connectivity index (χ0n) is 10.9. The summed E-state index contributed by atoms with van der Waals surface area (Å²) in [5.41, 5.74) is 1.12. The molecule has 0 aliphatic heterocycles. The zero-order valence-corrected chi connectivity index (χ0v) is 10.9. The number of aromatic nitrogens is 3. The maximum atomic E-state index is 5.73. The highest BCUT2D eigenvalue weighted by Crippen LogP contribution is 2.29. The molecule has 0 aliphatic rings. The highest BCUT2D eigenvalue weighted by molar-refractivity contribution is 5.37. The summed E-state index contributed by atoms with van der Waals surface area (Å²) >= 11 is 0. The Morgan fingerprint density at radius 1 is 1.39 bits per heavy atom. The molecule has 18 heavy (non-hydrogen) atoms. The van der Waals surface area contributed by atoms with E-state index in [1.807, 2.05) is 32.3 Å². The Morgan fingerprint density at radius 2 is 2.17 bits per heavy atom. The van der Waals surface area contributed by atoms with E-state index in [1.165, 1.54) is 0 Å². The van der Waals surface area contributed by atoms with Gasteiger partial charge in [0.15, 0.2) is 0 Å². The Kier molecular flexibility index (Phi) is 3.94. The summed E-state index contributed by atoms with van der Waals surface area (Å²) in [5.74, 6) is 0.796. The van der Waals surface area contributed by atoms with Crippen LogP contribution in [0.2, 0.25) is 0 Å². The van der Waals surface area contributed by atoms with Crippen molar-refractivity contribution in [2.24, 2.45) is 7.05 Å². The Balaban J connectivity index is 2.27. The number of ether oxygens (including phenoxy) is 1. The average Bonchev–Trinajstić information content (AvgIpc) is 2.78. The molecule has 1 atom stereocenters. The number of para-hydroxylation sites is 1. The summed E-state index contributed by atoms with van der Waals surface area (Å²) in [7, 11) is 3.76. The lowest BCUT2D eigenvalue weighted by Gasteiger charge is -2.17. The predicted octanol–water partition coefficient (Wildman–Crippen LogP) is 2.28. The van der Waals surface area contributed by atoms with E-state index in [0.717, 1.165) is 17.7 Å². The van der Waals surface area contributed by atoms with E-state index < -0.39 is 0 Å². The first kappa shape index (κ1) is 12.6. The standard InChI is InChI=1S/C13H18N4O/c1-4-11(14-2)10-7-5-6-8-12(10)18-13-15-9-17(3)16-13/h5-9,11,14H,4H2,1-3H3. The third kappa shape index (κ3) is 2.68. The molecule has 0 fully saturated rings. The Labute approximate surface area is 107 Å². The second-order valence-corrected chi connectivity index (χ2v) is 4.09. The van der Waals surface area contributed by atoms with Gasteiger partial charge in [-0.1, -0.05) is 25.1 Å². The van der Waals surface area contributed by atoms with Crippen molar-refractivity contribution in [2.45, 2.75) is 19.4 Å². The van der Waals surface area contributed by atoms with Crippen molar-refractivity contribution in [3.8, 4) is 11.8 Å². The first-order chi connectivity index (χ1) is 8.74. The van der Waals surface area contributed by atoms with E-state index in [0.29, 0.717) is 6.01 Å². The van der Waals surface area contributed by atoms with Gasteiger partial charge in [-0.05, 0) is 19.5 Å². The lowest BCUT2D eigenvalue weighted by atomic mass is 10.0. The van der Waals surface area contributed by atoms with E-state index >= 15 is 0 Å². The molecule has 1 aromatic carbocycles. The molecule has 0 amide bonds. The second kappa shape index (κ2) is 5.64. The third-order valence-electron chi connectivity index (χ3n) is 2.83. The Hall–Kier alpha value is -1.88. The Morgan fingerprint density at radius 3 is 2.78 bits per heavy atom. The van der Waals surface area contributed by atoms with Crippen molar-refractivity contribution in [1.29, 1.82) is 0 Å². The van der Waals surface area contributed by atoms with Crippen LogP contribution in [0.4, 0.5) is 0 Å². The molecule has 1 heterocycles. The van der Waals surface area contributed by atoms with Gasteiger partial charge in [0.05, 0.1) is 0 Å². The van der Waals surface area contributed by atoms with E-state index in [9.17, 15) is 0 Å². The molecule has 1 aromatic heterocycles. The van der Waals surface area contributed by atoms with Gasteiger partial charge in [0.25, 0.3) is 0 Å². The van der Waals surface area contributed by atoms with Crippen LogP contribution < -0.4 is 10.1 Å². The number of hydrogen-bond acceptors (Lipinski definition) is 4. The van der Waals surface area contributed by atoms with E-state index in [-0.39, 0.29) is 6.04 Å². The molecule has 0 saturated heterocycles. The van der Waals surface area contributed by atoms with Gasteiger partial charge in [-0.3, -0.25) is 4.68 Å². The predicted molar refractivity (Wildman–Crippen MR) is 69.6 cm³/mol. The number of nitrogens with one attached hydrogen (secondary N) is 1. The van der Waals surface area contributed by atoms with Crippen LogP contribution >= 0.6 is 0 Å². The van der Waals surface area contributed by atoms with E-state index in [2.05, 4.69) is 28.4 Å². The molecule has 0 bridgehead atoms. The summed E-state index contributed by atoms with van der Waals surface area (Å²) in [5, 5.41) is 7.39. The highest BCUT2D eigenvalue weighted by atomic mass is 16.5. The molecule has 2 rings (SSSR count). The first-order valence-corrected chi connectivity index (χ1v) is 6.04. The van der Waals surface area contributed by atoms with E-state index in [4.69, 9.17) is 4.74 Å². The fourth-order valence-electron chi connectivity index (χ4n) is 1.91. The molecule has 96 valence electrons. The topological polar surface area (TPSA) is 52.0 Å². The van der Waals surface area contributed by atoms with Gasteiger partial charge < -0.3 is 10.1 Å². The lowest BCUT2D eigenvalue weighted by molar-refractivity contribution is 0.423. The van der Waals surface area contributed by atoms with Crippen LogP contribution in [-0.2, 0) is 7.05 Å². The molecule has 0 radical (unpaired) electrons. The average molecular weight is 246 g/mol. The fraction of sp³-hybridized carbons (Fsp3) is 0.385. The van der Waals surface area contributed by atoms with Crippen LogP contribution in [0.5, 0.6) is 11.8 Å². The maximum absolute atomic E-state index is 5.73. The van der Waals surface area contributed by atoms with Crippen molar-refractivity contribution >= 4 is 0 Å². The third-order valence-corrected chi connectivity index (χ3v) is 2.83. The maximum Gasteiger partial charge on any atom is 0.340 e. The van der Waals surface area contributed by atoms with Gasteiger partial charge >= 0.3 is 6.01 Å². The van der Waals surface area contributed by atoms with Gasteiger partial charge in [0.2, 0.25) is 0 Å². The molecular formula is C13H18N4O. The fourth-order valence-corrected chi connectivity index (χ4v) is 1.91. The van der Waals surface area contributed by atoms with Gasteiger partial charge in [-0.15, -0.1) is 5.10 Å². The minimum absolute atomic E-state index is 0.268. The van der Waals surface area contributed by atoms with Gasteiger partial charge in [0.1, 0.15) is 12.1 Å². The van der Waals surface area contributed by atoms with Crippen molar-refractivity contribution in [3.63, 3.8) is 0 Å². The molecule has 0 aliphatic carbocycles. The summed E-state index contributed by atoms with van der Waals surface area (Å²) in [6, 6.07) is 8.59. The SMILES string of the molecule is CCC(NC)c1ccccc1Oc1ncn(C)n1. The molecule has 0 spiro atoms. The molecule has 0 saturated carbocycles. The number of nitrogens with zero attached hydrogens (tertiary/aromatic N) is 3. The summed E-state index contributed by atoms with van der Waals surface area (Å²) in [4.78, 5) is 4.07. The zero-order chi connectivity index (χ0) is 13.0. The van der Waals surface area contributed by atoms with Crippen LogP contribution in [0, 0.1) is 0 Å². The van der Waals surface area contributed by atoms with Crippen molar-refractivity contribution in [3.05, 3.63) is 36.2 Å². The number of rotatable bonds is 5. The van der Waals surface area contributed by atoms with Crippen LogP contribution in [-0.4, -0.2) is 21.8 Å². The van der Waals surface area contributed by atoms with Crippen LogP contribution in [0.1, 0.15) is 24.9 Å². The van der Waals surface area contributed by atoms with Crippen LogP contribution in [0.15, 0.2) is 30.6 Å². The van der Waals surface area contributed by atoms with Crippen molar-refractivity contribution in [1.82, 2.24) is 20.1 Å². The van der Waals surface area contributed by atoms with Gasteiger partial charge in [-0.25, -0.2) is 0 Å². The highest BCUT2D eigenvalue weighted by Gasteiger charge is 2.13. The quantitative estimate of drug-likeness (QED) is 0.879. The lowest BCUT2D eigenvalue weighted by Crippen LogP contribution is -2.15. The molecule has 5 nitrogen and oxygen atoms in total. The van der Waals surface area contributed by atoms with Gasteiger partial charge in [0, 0.05) is 18.7 Å².